The Morgan fingerprint density at radius 3 is 2.94 bits per heavy atom. The molecule has 0 saturated carbocycles. The fraction of sp³-hybridized carbons (Fsp3) is 0.100. The summed E-state index contributed by atoms with van der Waals surface area (Å²) in [5.74, 6) is -0.584. The highest BCUT2D eigenvalue weighted by Crippen LogP contribution is 2.13. The van der Waals surface area contributed by atoms with Crippen molar-refractivity contribution in [2.75, 3.05) is 11.1 Å². The zero-order chi connectivity index (χ0) is 12.3. The van der Waals surface area contributed by atoms with Gasteiger partial charge in [-0.1, -0.05) is 12.1 Å². The molecule has 1 heterocycles. The van der Waals surface area contributed by atoms with Crippen LogP contribution >= 0.6 is 0 Å². The largest absolute Gasteiger partial charge is 0.392 e. The van der Waals surface area contributed by atoms with Crippen LogP contribution < -0.4 is 11.1 Å². The molecule has 17 heavy (non-hydrogen) atoms. The molecule has 88 valence electrons. The van der Waals surface area contributed by atoms with Crippen molar-refractivity contribution in [1.29, 1.82) is 0 Å². The van der Waals surface area contributed by atoms with Crippen LogP contribution in [0.5, 0.6) is 0 Å². The molecule has 0 fully saturated rings. The maximum absolute atomic E-state index is 11.7. The van der Waals surface area contributed by atoms with Crippen LogP contribution in [0.3, 0.4) is 0 Å². The van der Waals surface area contributed by atoms with E-state index in [0.29, 0.717) is 11.3 Å². The number of anilines is 2. The van der Waals surface area contributed by atoms with E-state index in [1.807, 2.05) is 0 Å². The number of nitrogen functional groups attached to an aromatic ring is 1. The Morgan fingerprint density at radius 1 is 1.47 bits per heavy atom. The Balaban J connectivity index is 2.16. The van der Waals surface area contributed by atoms with Gasteiger partial charge in [0, 0.05) is 5.69 Å². The van der Waals surface area contributed by atoms with Gasteiger partial charge >= 0.3 is 0 Å². The number of hydrogen-bond donors (Lipinski definition) is 3. The normalized spacial score (nSPS) is 10.2. The second-order valence-electron chi connectivity index (χ2n) is 3.31. The van der Waals surface area contributed by atoms with E-state index in [0.717, 1.165) is 0 Å². The number of carbonyl (C=O) groups is 1. The Hall–Kier alpha value is -2.41. The van der Waals surface area contributed by atoms with Crippen molar-refractivity contribution in [3.05, 3.63) is 35.5 Å². The average Bonchev–Trinajstić information content (AvgIpc) is 2.76. The summed E-state index contributed by atoms with van der Waals surface area (Å²) < 4.78 is 4.32. The molecule has 1 aromatic carbocycles. The zero-order valence-electron chi connectivity index (χ0n) is 8.75. The molecule has 4 N–H and O–H groups in total. The van der Waals surface area contributed by atoms with Crippen molar-refractivity contribution in [2.45, 2.75) is 6.61 Å². The van der Waals surface area contributed by atoms with Gasteiger partial charge in [0.25, 0.3) is 5.91 Å². The molecule has 0 aliphatic carbocycles. The molecule has 2 rings (SSSR count). The molecule has 0 unspecified atom stereocenters. The van der Waals surface area contributed by atoms with Crippen molar-refractivity contribution in [3.63, 3.8) is 0 Å². The Morgan fingerprint density at radius 2 is 2.29 bits per heavy atom. The van der Waals surface area contributed by atoms with Gasteiger partial charge in [0.05, 0.1) is 6.61 Å². The van der Waals surface area contributed by atoms with E-state index in [1.54, 1.807) is 24.3 Å². The van der Waals surface area contributed by atoms with Crippen LogP contribution in [0.15, 0.2) is 28.9 Å². The number of aliphatic hydroxyl groups excluding tert-OH is 1. The molecule has 1 amide bonds. The van der Waals surface area contributed by atoms with Gasteiger partial charge in [-0.15, -0.1) is 0 Å². The highest BCUT2D eigenvalue weighted by atomic mass is 16.6. The van der Waals surface area contributed by atoms with Gasteiger partial charge in [0.15, 0.2) is 0 Å². The smallest absolute Gasteiger partial charge is 0.281 e. The van der Waals surface area contributed by atoms with Crippen molar-refractivity contribution < 1.29 is 14.5 Å². The molecule has 0 aliphatic rings. The summed E-state index contributed by atoms with van der Waals surface area (Å²) in [5, 5.41) is 18.2. The molecular weight excluding hydrogens is 224 g/mol. The lowest BCUT2D eigenvalue weighted by Gasteiger charge is -2.04. The first-order valence-corrected chi connectivity index (χ1v) is 4.80. The van der Waals surface area contributed by atoms with Crippen LogP contribution in [0.25, 0.3) is 0 Å². The van der Waals surface area contributed by atoms with E-state index < -0.39 is 5.91 Å². The third-order valence-corrected chi connectivity index (χ3v) is 2.10. The molecule has 0 atom stereocenters. The van der Waals surface area contributed by atoms with Gasteiger partial charge in [0.1, 0.15) is 0 Å². The topological polar surface area (TPSA) is 114 Å². The second-order valence-corrected chi connectivity index (χ2v) is 3.31. The first-order chi connectivity index (χ1) is 8.20. The third kappa shape index (κ3) is 2.40. The van der Waals surface area contributed by atoms with E-state index in [1.165, 1.54) is 0 Å². The minimum absolute atomic E-state index is 0.0687. The summed E-state index contributed by atoms with van der Waals surface area (Å²) >= 11 is 0. The minimum atomic E-state index is -0.515. The van der Waals surface area contributed by atoms with E-state index in [2.05, 4.69) is 20.3 Å². The fourth-order valence-electron chi connectivity index (χ4n) is 1.29. The summed E-state index contributed by atoms with van der Waals surface area (Å²) in [5.41, 5.74) is 6.53. The van der Waals surface area contributed by atoms with E-state index in [4.69, 9.17) is 10.8 Å². The molecule has 1 aromatic heterocycles. The predicted octanol–water partition coefficient (Wildman–Crippen LogP) is 0.396. The molecule has 0 spiro atoms. The quantitative estimate of drug-likeness (QED) is 0.708. The maximum Gasteiger partial charge on any atom is 0.281 e. The van der Waals surface area contributed by atoms with Gasteiger partial charge in [-0.25, -0.2) is 4.63 Å². The van der Waals surface area contributed by atoms with Crippen molar-refractivity contribution in [2.24, 2.45) is 0 Å². The molecule has 0 aliphatic heterocycles. The van der Waals surface area contributed by atoms with E-state index in [9.17, 15) is 4.79 Å². The number of carbonyl (C=O) groups excluding carboxylic acids is 1. The monoisotopic (exact) mass is 234 g/mol. The van der Waals surface area contributed by atoms with Crippen LogP contribution in [-0.4, -0.2) is 21.3 Å². The summed E-state index contributed by atoms with van der Waals surface area (Å²) in [6.07, 6.45) is 0. The fourth-order valence-corrected chi connectivity index (χ4v) is 1.29. The van der Waals surface area contributed by atoms with Gasteiger partial charge in [0.2, 0.25) is 11.5 Å². The van der Waals surface area contributed by atoms with Crippen LogP contribution in [0.4, 0.5) is 11.5 Å². The third-order valence-electron chi connectivity index (χ3n) is 2.10. The molecule has 2 aromatic rings. The Labute approximate surface area is 96.2 Å². The lowest BCUT2D eigenvalue weighted by atomic mass is 10.2. The lowest BCUT2D eigenvalue weighted by Crippen LogP contribution is -2.14. The predicted molar refractivity (Wildman–Crippen MR) is 59.0 cm³/mol. The standard InChI is InChI=1S/C10H10N4O3/c11-9-8(13-17-14-9)10(16)12-7-3-1-2-6(4-7)5-15/h1-4,15H,5H2,(H2,11,14)(H,12,16). The maximum atomic E-state index is 11.7. The summed E-state index contributed by atoms with van der Waals surface area (Å²) in [6.45, 7) is -0.0998. The number of benzene rings is 1. The summed E-state index contributed by atoms with van der Waals surface area (Å²) in [7, 11) is 0. The molecule has 7 nitrogen and oxygen atoms in total. The van der Waals surface area contributed by atoms with Crippen LogP contribution in [0, 0.1) is 0 Å². The molecule has 7 heteroatoms. The number of nitrogens with one attached hydrogen (secondary N) is 1. The second kappa shape index (κ2) is 4.62. The van der Waals surface area contributed by atoms with Gasteiger partial charge in [-0.3, -0.25) is 4.79 Å². The number of amides is 1. The van der Waals surface area contributed by atoms with Crippen LogP contribution in [0.1, 0.15) is 16.1 Å². The van der Waals surface area contributed by atoms with Gasteiger partial charge in [-0.2, -0.15) is 0 Å². The van der Waals surface area contributed by atoms with E-state index >= 15 is 0 Å². The van der Waals surface area contributed by atoms with Crippen molar-refractivity contribution in [1.82, 2.24) is 10.3 Å². The minimum Gasteiger partial charge on any atom is -0.392 e. The number of aliphatic hydroxyl groups is 1. The molecular formula is C10H10N4O3. The van der Waals surface area contributed by atoms with Crippen LogP contribution in [-0.2, 0) is 6.61 Å². The first-order valence-electron chi connectivity index (χ1n) is 4.80. The van der Waals surface area contributed by atoms with Gasteiger partial charge < -0.3 is 16.2 Å². The highest BCUT2D eigenvalue weighted by Gasteiger charge is 2.15. The molecule has 0 saturated heterocycles. The van der Waals surface area contributed by atoms with E-state index in [-0.39, 0.29) is 18.1 Å². The van der Waals surface area contributed by atoms with Gasteiger partial charge in [-0.05, 0) is 28.0 Å². The Kier molecular flexibility index (Phi) is 3.01. The SMILES string of the molecule is Nc1nonc1C(=O)Nc1cccc(CO)c1. The summed E-state index contributed by atoms with van der Waals surface area (Å²) in [6, 6.07) is 6.77. The molecule has 0 radical (unpaired) electrons. The number of hydrogen-bond acceptors (Lipinski definition) is 6. The van der Waals surface area contributed by atoms with Crippen molar-refractivity contribution >= 4 is 17.4 Å². The van der Waals surface area contributed by atoms with Crippen molar-refractivity contribution in [3.8, 4) is 0 Å². The number of rotatable bonds is 3. The number of nitrogens with zero attached hydrogens (tertiary/aromatic N) is 2. The first kappa shape index (κ1) is 11.1. The highest BCUT2D eigenvalue weighted by molar-refractivity contribution is 6.05. The Bertz CT molecular complexity index is 538. The number of aromatic nitrogens is 2. The zero-order valence-corrected chi connectivity index (χ0v) is 8.75. The molecule has 0 bridgehead atoms. The van der Waals surface area contributed by atoms with Crippen LogP contribution in [0.2, 0.25) is 0 Å². The lowest BCUT2D eigenvalue weighted by molar-refractivity contribution is 0.101. The number of nitrogens with two attached hydrogens (primary N) is 1. The summed E-state index contributed by atoms with van der Waals surface area (Å²) in [4.78, 5) is 11.7. The average molecular weight is 234 g/mol.